The second-order valence-corrected chi connectivity index (χ2v) is 5.86. The number of ether oxygens (including phenoxy) is 2. The minimum Gasteiger partial charge on any atom is -0.506 e. The van der Waals surface area contributed by atoms with Gasteiger partial charge in [-0.1, -0.05) is 23.2 Å². The van der Waals surface area contributed by atoms with Gasteiger partial charge in [-0.3, -0.25) is 0 Å². The molecule has 0 radical (unpaired) electrons. The number of nitrogens with zero attached hydrogens (tertiary/aromatic N) is 1. The quantitative estimate of drug-likeness (QED) is 0.530. The summed E-state index contributed by atoms with van der Waals surface area (Å²) in [5, 5.41) is 13.6. The molecule has 8 heteroatoms. The van der Waals surface area contributed by atoms with Gasteiger partial charge in [0.1, 0.15) is 18.1 Å². The Bertz CT molecular complexity index is 723. The molecule has 1 aromatic heterocycles. The van der Waals surface area contributed by atoms with Crippen molar-refractivity contribution >= 4 is 34.9 Å². The molecule has 0 aliphatic heterocycles. The fourth-order valence-electron chi connectivity index (χ4n) is 1.98. The lowest BCUT2D eigenvalue weighted by Crippen LogP contribution is -2.12. The Kier molecular flexibility index (Phi) is 7.31. The van der Waals surface area contributed by atoms with E-state index in [-0.39, 0.29) is 23.1 Å². The van der Waals surface area contributed by atoms with E-state index in [1.54, 1.807) is 18.2 Å². The van der Waals surface area contributed by atoms with Crippen LogP contribution in [0.4, 0.5) is 5.69 Å². The van der Waals surface area contributed by atoms with E-state index in [2.05, 4.69) is 10.3 Å². The molecule has 134 valence electrons. The number of nitrogens with one attached hydrogen (secondary N) is 1. The normalized spacial score (nSPS) is 10.5. The number of phenolic OH excluding ortho intramolecular Hbond substituents is 1. The van der Waals surface area contributed by atoms with E-state index in [1.807, 2.05) is 6.92 Å². The highest BCUT2D eigenvalue weighted by Crippen LogP contribution is 2.31. The third-order valence-corrected chi connectivity index (χ3v) is 3.73. The third kappa shape index (κ3) is 5.77. The molecule has 0 atom stereocenters. The fraction of sp³-hybridized carbons (Fsp3) is 0.294. The lowest BCUT2D eigenvalue weighted by molar-refractivity contribution is 0.0329. The van der Waals surface area contributed by atoms with Crippen LogP contribution in [0.25, 0.3) is 0 Å². The van der Waals surface area contributed by atoms with Gasteiger partial charge in [0.15, 0.2) is 0 Å². The summed E-state index contributed by atoms with van der Waals surface area (Å²) in [5.41, 5.74) is 1.42. The maximum atomic E-state index is 11.8. The molecule has 0 aliphatic rings. The number of hydrogen-bond donors (Lipinski definition) is 2. The lowest BCUT2D eigenvalue weighted by Gasteiger charge is -2.10. The van der Waals surface area contributed by atoms with Crippen molar-refractivity contribution in [2.75, 3.05) is 25.1 Å². The van der Waals surface area contributed by atoms with Crippen molar-refractivity contribution in [3.8, 4) is 5.75 Å². The summed E-state index contributed by atoms with van der Waals surface area (Å²) in [4.78, 5) is 15.8. The molecule has 6 nitrogen and oxygen atoms in total. The lowest BCUT2D eigenvalue weighted by atomic mass is 10.2. The number of aromatic hydroxyl groups is 1. The molecule has 1 heterocycles. The molecule has 0 bridgehead atoms. The molecule has 0 saturated heterocycles. The van der Waals surface area contributed by atoms with Crippen LogP contribution in [-0.2, 0) is 16.0 Å². The van der Waals surface area contributed by atoms with Crippen molar-refractivity contribution in [2.24, 2.45) is 0 Å². The molecule has 1 aromatic carbocycles. The van der Waals surface area contributed by atoms with Crippen LogP contribution >= 0.6 is 23.2 Å². The summed E-state index contributed by atoms with van der Waals surface area (Å²) < 4.78 is 10.1. The van der Waals surface area contributed by atoms with Gasteiger partial charge in [-0.2, -0.15) is 0 Å². The Morgan fingerprint density at radius 3 is 2.76 bits per heavy atom. The van der Waals surface area contributed by atoms with Crippen LogP contribution in [-0.4, -0.2) is 35.9 Å². The highest BCUT2D eigenvalue weighted by molar-refractivity contribution is 6.35. The molecule has 0 fully saturated rings. The summed E-state index contributed by atoms with van der Waals surface area (Å²) in [5.74, 6) is -0.536. The van der Waals surface area contributed by atoms with Gasteiger partial charge >= 0.3 is 5.97 Å². The molecule has 2 N–H and O–H groups in total. The highest BCUT2D eigenvalue weighted by Gasteiger charge is 2.10. The first-order chi connectivity index (χ1) is 12.0. The first-order valence-corrected chi connectivity index (χ1v) is 8.38. The van der Waals surface area contributed by atoms with Crippen molar-refractivity contribution in [3.63, 3.8) is 0 Å². The number of carbonyl (C=O) groups is 1. The van der Waals surface area contributed by atoms with Crippen LogP contribution in [0.2, 0.25) is 10.0 Å². The van der Waals surface area contributed by atoms with E-state index in [4.69, 9.17) is 32.7 Å². The van der Waals surface area contributed by atoms with Crippen LogP contribution in [0, 0.1) is 0 Å². The average Bonchev–Trinajstić information content (AvgIpc) is 2.61. The third-order valence-electron chi connectivity index (χ3n) is 3.23. The van der Waals surface area contributed by atoms with E-state index in [0.29, 0.717) is 36.0 Å². The van der Waals surface area contributed by atoms with Crippen LogP contribution < -0.4 is 5.32 Å². The van der Waals surface area contributed by atoms with E-state index in [9.17, 15) is 9.90 Å². The van der Waals surface area contributed by atoms with E-state index < -0.39 is 5.97 Å². The number of halogens is 2. The number of aromatic nitrogens is 1. The molecule has 0 amide bonds. The van der Waals surface area contributed by atoms with E-state index in [1.165, 1.54) is 12.3 Å². The standard InChI is InChI=1S/C17H18Cl2N2O4/c1-2-24-5-6-25-17(23)15-4-3-13(10-21-15)20-9-11-7-12(18)8-14(19)16(11)22/h3-4,7-8,10,20,22H,2,5-6,9H2,1H3. The number of anilines is 1. The molecule has 25 heavy (non-hydrogen) atoms. The summed E-state index contributed by atoms with van der Waals surface area (Å²) >= 11 is 11.8. The topological polar surface area (TPSA) is 80.7 Å². The predicted octanol–water partition coefficient (Wildman–Crippen LogP) is 3.90. The zero-order valence-corrected chi connectivity index (χ0v) is 15.1. The van der Waals surface area contributed by atoms with E-state index >= 15 is 0 Å². The van der Waals surface area contributed by atoms with Crippen molar-refractivity contribution in [1.82, 2.24) is 4.98 Å². The van der Waals surface area contributed by atoms with Gasteiger partial charge in [0.25, 0.3) is 0 Å². The Balaban J connectivity index is 1.91. The summed E-state index contributed by atoms with van der Waals surface area (Å²) in [6, 6.07) is 6.33. The molecule has 0 aliphatic carbocycles. The molecule has 0 saturated carbocycles. The minimum atomic E-state index is -0.509. The molecule has 0 unspecified atom stereocenters. The van der Waals surface area contributed by atoms with Crippen molar-refractivity contribution in [3.05, 3.63) is 51.8 Å². The number of hydrogen-bond acceptors (Lipinski definition) is 6. The van der Waals surface area contributed by atoms with Crippen LogP contribution in [0.15, 0.2) is 30.5 Å². The number of benzene rings is 1. The first kappa shape index (κ1) is 19.3. The van der Waals surface area contributed by atoms with E-state index in [0.717, 1.165) is 0 Å². The van der Waals surface area contributed by atoms with Gasteiger partial charge in [0, 0.05) is 23.7 Å². The Morgan fingerprint density at radius 2 is 2.08 bits per heavy atom. The first-order valence-electron chi connectivity index (χ1n) is 7.63. The Hall–Kier alpha value is -2.02. The highest BCUT2D eigenvalue weighted by atomic mass is 35.5. The summed E-state index contributed by atoms with van der Waals surface area (Å²) in [6.07, 6.45) is 1.50. The van der Waals surface area contributed by atoms with Gasteiger partial charge < -0.3 is 19.9 Å². The Labute approximate surface area is 155 Å². The molecule has 2 rings (SSSR count). The van der Waals surface area contributed by atoms with Gasteiger partial charge in [0.05, 0.1) is 23.5 Å². The number of rotatable bonds is 8. The maximum absolute atomic E-state index is 11.8. The largest absolute Gasteiger partial charge is 0.506 e. The number of esters is 1. The second kappa shape index (κ2) is 9.46. The van der Waals surface area contributed by atoms with Gasteiger partial charge in [0.2, 0.25) is 0 Å². The maximum Gasteiger partial charge on any atom is 0.356 e. The smallest absolute Gasteiger partial charge is 0.356 e. The fourth-order valence-corrected chi connectivity index (χ4v) is 2.52. The van der Waals surface area contributed by atoms with Crippen LogP contribution in [0.1, 0.15) is 23.0 Å². The SMILES string of the molecule is CCOCCOC(=O)c1ccc(NCc2cc(Cl)cc(Cl)c2O)cn1. The molecular weight excluding hydrogens is 367 g/mol. The predicted molar refractivity (Wildman–Crippen MR) is 96.5 cm³/mol. The van der Waals surface area contributed by atoms with Crippen molar-refractivity contribution in [1.29, 1.82) is 0 Å². The van der Waals surface area contributed by atoms with Crippen molar-refractivity contribution < 1.29 is 19.4 Å². The zero-order valence-electron chi connectivity index (χ0n) is 13.6. The average molecular weight is 385 g/mol. The number of pyridine rings is 1. The second-order valence-electron chi connectivity index (χ2n) is 5.01. The summed E-state index contributed by atoms with van der Waals surface area (Å²) in [6.45, 7) is 3.28. The molecule has 2 aromatic rings. The number of carbonyl (C=O) groups excluding carboxylic acids is 1. The van der Waals surface area contributed by atoms with Crippen LogP contribution in [0.5, 0.6) is 5.75 Å². The monoisotopic (exact) mass is 384 g/mol. The van der Waals surface area contributed by atoms with Gasteiger partial charge in [-0.25, -0.2) is 9.78 Å². The van der Waals surface area contributed by atoms with Gasteiger partial charge in [-0.15, -0.1) is 0 Å². The molecule has 0 spiro atoms. The Morgan fingerprint density at radius 1 is 1.28 bits per heavy atom. The number of phenols is 1. The molecular formula is C17H18Cl2N2O4. The minimum absolute atomic E-state index is 0.0268. The van der Waals surface area contributed by atoms with Gasteiger partial charge in [-0.05, 0) is 31.2 Å². The summed E-state index contributed by atoms with van der Waals surface area (Å²) in [7, 11) is 0. The van der Waals surface area contributed by atoms with Crippen molar-refractivity contribution in [2.45, 2.75) is 13.5 Å². The zero-order chi connectivity index (χ0) is 18.2. The van der Waals surface area contributed by atoms with Crippen LogP contribution in [0.3, 0.4) is 0 Å².